The van der Waals surface area contributed by atoms with Crippen LogP contribution in [0.25, 0.3) is 0 Å². The van der Waals surface area contributed by atoms with Crippen LogP contribution in [-0.4, -0.2) is 12.0 Å². The molecule has 0 aliphatic carbocycles. The Morgan fingerprint density at radius 2 is 1.03 bits per heavy atom. The minimum absolute atomic E-state index is 0.0709. The number of anilines is 1. The molecule has 0 heterocycles. The number of halogens is 3. The smallest absolute Gasteiger partial charge is 0.298 e. The van der Waals surface area contributed by atoms with Gasteiger partial charge in [0, 0.05) is 5.69 Å². The molecule has 0 saturated heterocycles. The molecule has 0 fully saturated rings. The number of benzene rings is 4. The van der Waals surface area contributed by atoms with Crippen LogP contribution < -0.4 is 5.32 Å². The van der Waals surface area contributed by atoms with Crippen molar-refractivity contribution in [2.75, 3.05) is 12.2 Å². The monoisotopic (exact) mass is 503 g/mol. The number of para-hydroxylation sites is 1. The zero-order valence-corrected chi connectivity index (χ0v) is 21.3. The van der Waals surface area contributed by atoms with Crippen molar-refractivity contribution in [2.45, 2.75) is 32.2 Å². The van der Waals surface area contributed by atoms with Gasteiger partial charge in [0.2, 0.25) is 6.93 Å². The Hall–Kier alpha value is -4.01. The SMILES string of the molecule is CC.CC#CC(O)(F)c1ccccc1NC(c1ccccc1)(c1ccccc1)c1ccccc1.FCF. The topological polar surface area (TPSA) is 32.3 Å². The first-order chi connectivity index (χ1) is 18.0. The molecule has 0 aliphatic rings. The van der Waals surface area contributed by atoms with Gasteiger partial charge in [-0.25, -0.2) is 8.78 Å². The molecule has 4 aromatic rings. The molecular weight excluding hydrogens is 471 g/mol. The van der Waals surface area contributed by atoms with Gasteiger partial charge in [0.05, 0.1) is 5.56 Å². The molecule has 0 aliphatic heterocycles. The Balaban J connectivity index is 0.000000898. The zero-order valence-electron chi connectivity index (χ0n) is 21.3. The third kappa shape index (κ3) is 7.03. The van der Waals surface area contributed by atoms with E-state index in [2.05, 4.69) is 17.2 Å². The van der Waals surface area contributed by atoms with Crippen LogP contribution in [0.5, 0.6) is 0 Å². The maximum absolute atomic E-state index is 15.2. The summed E-state index contributed by atoms with van der Waals surface area (Å²) in [5, 5.41) is 14.1. The lowest BCUT2D eigenvalue weighted by Gasteiger charge is -2.38. The van der Waals surface area contributed by atoms with E-state index in [-0.39, 0.29) is 5.56 Å². The first-order valence-electron chi connectivity index (χ1n) is 12.0. The van der Waals surface area contributed by atoms with Gasteiger partial charge in [0.1, 0.15) is 5.54 Å². The average molecular weight is 504 g/mol. The fourth-order valence-corrected chi connectivity index (χ4v) is 4.10. The minimum Gasteiger partial charge on any atom is -0.367 e. The highest BCUT2D eigenvalue weighted by Gasteiger charge is 2.38. The van der Waals surface area contributed by atoms with Crippen LogP contribution in [-0.2, 0) is 11.4 Å². The van der Waals surface area contributed by atoms with Crippen molar-refractivity contribution in [1.29, 1.82) is 0 Å². The molecule has 4 rings (SSSR count). The van der Waals surface area contributed by atoms with Gasteiger partial charge in [-0.1, -0.05) is 123 Å². The molecule has 5 heteroatoms. The average Bonchev–Trinajstić information content (AvgIpc) is 2.95. The summed E-state index contributed by atoms with van der Waals surface area (Å²) in [6.07, 6.45) is 0. The fourth-order valence-electron chi connectivity index (χ4n) is 4.10. The van der Waals surface area contributed by atoms with Crippen molar-refractivity contribution in [3.63, 3.8) is 0 Å². The van der Waals surface area contributed by atoms with Gasteiger partial charge in [-0.2, -0.15) is 4.39 Å². The lowest BCUT2D eigenvalue weighted by atomic mass is 9.76. The molecule has 1 atom stereocenters. The molecule has 0 amide bonds. The van der Waals surface area contributed by atoms with Crippen molar-refractivity contribution in [1.82, 2.24) is 0 Å². The summed E-state index contributed by atoms with van der Waals surface area (Å²) in [6, 6.07) is 36.9. The Morgan fingerprint density at radius 3 is 1.41 bits per heavy atom. The van der Waals surface area contributed by atoms with Crippen molar-refractivity contribution in [2.24, 2.45) is 0 Å². The zero-order chi connectivity index (χ0) is 27.2. The largest absolute Gasteiger partial charge is 0.367 e. The second-order valence-electron chi connectivity index (χ2n) is 7.62. The maximum atomic E-state index is 15.2. The summed E-state index contributed by atoms with van der Waals surface area (Å²) in [5.41, 5.74) is 2.64. The van der Waals surface area contributed by atoms with Crippen molar-refractivity contribution in [3.8, 4) is 11.8 Å². The van der Waals surface area contributed by atoms with Gasteiger partial charge >= 0.3 is 0 Å². The highest BCUT2D eigenvalue weighted by atomic mass is 19.3. The van der Waals surface area contributed by atoms with Crippen LogP contribution in [0.1, 0.15) is 43.0 Å². The van der Waals surface area contributed by atoms with Gasteiger partial charge in [-0.15, -0.1) is 5.92 Å². The highest BCUT2D eigenvalue weighted by molar-refractivity contribution is 5.64. The second-order valence-corrected chi connectivity index (χ2v) is 7.62. The normalized spacial score (nSPS) is 11.8. The summed E-state index contributed by atoms with van der Waals surface area (Å²) in [7, 11) is 0. The van der Waals surface area contributed by atoms with Gasteiger partial charge in [-0.05, 0) is 35.6 Å². The number of rotatable bonds is 6. The minimum atomic E-state index is -2.78. The van der Waals surface area contributed by atoms with Crippen LogP contribution in [0.4, 0.5) is 18.9 Å². The summed E-state index contributed by atoms with van der Waals surface area (Å²) in [5.74, 6) is 1.99. The van der Waals surface area contributed by atoms with E-state index >= 15 is 4.39 Å². The van der Waals surface area contributed by atoms with Crippen molar-refractivity contribution >= 4 is 5.69 Å². The quantitative estimate of drug-likeness (QED) is 0.206. The molecule has 0 aromatic heterocycles. The number of nitrogens with one attached hydrogen (secondary N) is 1. The number of aliphatic hydroxyl groups is 1. The second kappa shape index (κ2) is 14.5. The summed E-state index contributed by atoms with van der Waals surface area (Å²) >= 11 is 0. The van der Waals surface area contributed by atoms with E-state index in [4.69, 9.17) is 0 Å². The van der Waals surface area contributed by atoms with E-state index in [9.17, 15) is 13.9 Å². The van der Waals surface area contributed by atoms with Crippen LogP contribution in [0.2, 0.25) is 0 Å². The first kappa shape index (κ1) is 29.2. The van der Waals surface area contributed by atoms with Gasteiger partial charge in [0.15, 0.2) is 0 Å². The van der Waals surface area contributed by atoms with Crippen LogP contribution >= 0.6 is 0 Å². The van der Waals surface area contributed by atoms with Crippen LogP contribution in [0, 0.1) is 11.8 Å². The standard InChI is InChI=1S/C29H24FNO.C2H6.CH2F2/c1-2-22-28(30,32)26-20-12-13-21-27(26)31-29(23-14-6-3-7-15-23,24-16-8-4-9-17-24)25-18-10-5-11-19-25;1-2;2-1-3/h3-21,31-32H,1H3;1-2H3;1H2. The number of hydrogen-bond acceptors (Lipinski definition) is 2. The Kier molecular flexibility index (Phi) is 11.5. The third-order valence-corrected chi connectivity index (χ3v) is 5.52. The lowest BCUT2D eigenvalue weighted by Crippen LogP contribution is -2.39. The van der Waals surface area contributed by atoms with Gasteiger partial charge in [0.25, 0.3) is 5.85 Å². The molecule has 37 heavy (non-hydrogen) atoms. The molecule has 2 N–H and O–H groups in total. The van der Waals surface area contributed by atoms with Gasteiger partial charge < -0.3 is 10.4 Å². The fraction of sp³-hybridized carbons (Fsp3) is 0.188. The molecule has 2 nitrogen and oxygen atoms in total. The van der Waals surface area contributed by atoms with Crippen molar-refractivity contribution in [3.05, 3.63) is 138 Å². The molecule has 0 bridgehead atoms. The van der Waals surface area contributed by atoms with E-state index in [1.165, 1.54) is 6.92 Å². The number of hydrogen-bond donors (Lipinski definition) is 2. The van der Waals surface area contributed by atoms with E-state index in [1.807, 2.05) is 111 Å². The lowest BCUT2D eigenvalue weighted by molar-refractivity contribution is -0.0361. The molecule has 0 spiro atoms. The maximum Gasteiger partial charge on any atom is 0.298 e. The molecule has 0 radical (unpaired) electrons. The third-order valence-electron chi connectivity index (χ3n) is 5.52. The van der Waals surface area contributed by atoms with E-state index < -0.39 is 18.3 Å². The molecule has 4 aromatic carbocycles. The summed E-state index contributed by atoms with van der Waals surface area (Å²) in [4.78, 5) is 0. The summed E-state index contributed by atoms with van der Waals surface area (Å²) < 4.78 is 34.5. The Morgan fingerprint density at radius 1 is 0.676 bits per heavy atom. The highest BCUT2D eigenvalue weighted by Crippen LogP contribution is 2.42. The van der Waals surface area contributed by atoms with Gasteiger partial charge in [-0.3, -0.25) is 0 Å². The predicted octanol–water partition coefficient (Wildman–Crippen LogP) is 8.14. The molecule has 0 saturated carbocycles. The van der Waals surface area contributed by atoms with Crippen LogP contribution in [0.3, 0.4) is 0 Å². The Bertz CT molecular complexity index is 1150. The molecule has 192 valence electrons. The van der Waals surface area contributed by atoms with E-state index in [0.29, 0.717) is 5.69 Å². The predicted molar refractivity (Wildman–Crippen MR) is 146 cm³/mol. The Labute approximate surface area is 217 Å². The molecular formula is C32H32F3NO. The molecule has 1 unspecified atom stereocenters. The number of alkyl halides is 3. The van der Waals surface area contributed by atoms with E-state index in [0.717, 1.165) is 16.7 Å². The van der Waals surface area contributed by atoms with Crippen LogP contribution in [0.15, 0.2) is 115 Å². The van der Waals surface area contributed by atoms with Crippen molar-refractivity contribution < 1.29 is 18.3 Å². The first-order valence-corrected chi connectivity index (χ1v) is 12.0. The van der Waals surface area contributed by atoms with E-state index in [1.54, 1.807) is 18.2 Å². The summed E-state index contributed by atoms with van der Waals surface area (Å²) in [6.45, 7) is 3.75.